The van der Waals surface area contributed by atoms with Crippen molar-refractivity contribution in [3.8, 4) is 11.1 Å². The zero-order valence-electron chi connectivity index (χ0n) is 24.2. The van der Waals surface area contributed by atoms with E-state index in [9.17, 15) is 46.0 Å². The van der Waals surface area contributed by atoms with Crippen molar-refractivity contribution >= 4 is 23.8 Å². The summed E-state index contributed by atoms with van der Waals surface area (Å²) in [5, 5.41) is 86.3. The summed E-state index contributed by atoms with van der Waals surface area (Å²) in [5.41, 5.74) is 20.6. The molecular formula is C26H49ClN5O9+3. The van der Waals surface area contributed by atoms with Crippen LogP contribution in [0.3, 0.4) is 0 Å². The topological polar surface area (TPSA) is 234 Å². The van der Waals surface area contributed by atoms with Gasteiger partial charge >= 0.3 is 6.29 Å². The van der Waals surface area contributed by atoms with E-state index in [4.69, 9.17) is 11.5 Å². The van der Waals surface area contributed by atoms with E-state index in [2.05, 4.69) is 24.3 Å². The standard InChI is InChI=1S/C16H20N2.C10H28N3O9.ClH/c1-9-5-13(6-10(2)15(9)17)14-7-11(3)16(18)12(4)8-14;14-1-11(2-15,3-16)10(12(4-17,5-18)6-19)13(7-20,8-21)9-22;/h5-8H,17-18H2,1-4H3;10,14-22H,1-9H2;1H/q;+3;. The molecule has 0 aliphatic rings. The fraction of sp³-hybridized carbons (Fsp3) is 0.538. The molecule has 0 fully saturated rings. The number of aryl methyl sites for hydroxylation is 4. The zero-order chi connectivity index (χ0) is 30.9. The van der Waals surface area contributed by atoms with Crippen LogP contribution in [0.4, 0.5) is 11.4 Å². The van der Waals surface area contributed by atoms with Gasteiger partial charge in [-0.2, -0.15) is 13.4 Å². The maximum atomic E-state index is 9.59. The molecule has 0 amide bonds. The number of aliphatic hydroxyl groups is 9. The van der Waals surface area contributed by atoms with Crippen molar-refractivity contribution < 1.29 is 59.4 Å². The molecule has 2 rings (SSSR count). The molecule has 2 aromatic carbocycles. The van der Waals surface area contributed by atoms with Gasteiger partial charge in [-0.3, -0.25) is 0 Å². The minimum absolute atomic E-state index is 0. The SMILES string of the molecule is Cc1cc(-c2cc(C)c(N)c(C)c2)cc(C)c1N.Cl.OC[N+](CO)(CO)C([N+](CO)(CO)CO)[N+](CO)(CO)CO. The van der Waals surface area contributed by atoms with Crippen molar-refractivity contribution in [3.05, 3.63) is 46.5 Å². The fourth-order valence-corrected chi connectivity index (χ4v) is 4.90. The van der Waals surface area contributed by atoms with Crippen LogP contribution in [0, 0.1) is 27.7 Å². The Morgan fingerprint density at radius 3 is 0.780 bits per heavy atom. The molecule has 0 saturated heterocycles. The first-order chi connectivity index (χ1) is 18.8. The number of halogens is 1. The van der Waals surface area contributed by atoms with Crippen LogP contribution in [-0.2, 0) is 0 Å². The third kappa shape index (κ3) is 7.82. The highest BCUT2D eigenvalue weighted by atomic mass is 35.5. The number of hydrogen-bond acceptors (Lipinski definition) is 11. The van der Waals surface area contributed by atoms with Gasteiger partial charge in [0, 0.05) is 11.4 Å². The van der Waals surface area contributed by atoms with Gasteiger partial charge < -0.3 is 57.4 Å². The summed E-state index contributed by atoms with van der Waals surface area (Å²) in [7, 11) is 0. The monoisotopic (exact) mass is 610 g/mol. The minimum atomic E-state index is -1.58. The predicted molar refractivity (Wildman–Crippen MR) is 155 cm³/mol. The van der Waals surface area contributed by atoms with Crippen molar-refractivity contribution in [1.82, 2.24) is 0 Å². The number of anilines is 2. The third-order valence-electron chi connectivity index (χ3n) is 7.53. The highest BCUT2D eigenvalue weighted by Gasteiger charge is 2.63. The molecule has 0 heterocycles. The van der Waals surface area contributed by atoms with Crippen LogP contribution in [0.25, 0.3) is 11.1 Å². The Kier molecular flexibility index (Phi) is 15.6. The van der Waals surface area contributed by atoms with E-state index in [1.165, 1.54) is 11.1 Å². The first-order valence-corrected chi connectivity index (χ1v) is 12.6. The van der Waals surface area contributed by atoms with Gasteiger partial charge in [-0.15, -0.1) is 12.4 Å². The van der Waals surface area contributed by atoms with Crippen molar-refractivity contribution in [2.45, 2.75) is 34.0 Å². The molecule has 0 saturated carbocycles. The van der Waals surface area contributed by atoms with Crippen LogP contribution >= 0.6 is 12.4 Å². The molecule has 14 nitrogen and oxygen atoms in total. The van der Waals surface area contributed by atoms with Crippen LogP contribution in [0.2, 0.25) is 0 Å². The normalized spacial score (nSPS) is 12.1. The van der Waals surface area contributed by atoms with Gasteiger partial charge in [0.15, 0.2) is 60.6 Å². The second kappa shape index (κ2) is 16.5. The molecule has 0 aliphatic carbocycles. The van der Waals surface area contributed by atoms with Gasteiger partial charge in [0.2, 0.25) is 0 Å². The van der Waals surface area contributed by atoms with Crippen molar-refractivity contribution in [2.75, 3.05) is 72.0 Å². The van der Waals surface area contributed by atoms with E-state index in [1.807, 2.05) is 27.7 Å². The van der Waals surface area contributed by atoms with Crippen LogP contribution in [0.15, 0.2) is 24.3 Å². The molecule has 2 aromatic rings. The molecule has 0 aliphatic heterocycles. The first kappa shape index (κ1) is 38.9. The van der Waals surface area contributed by atoms with Gasteiger partial charge in [-0.05, 0) is 85.3 Å². The summed E-state index contributed by atoms with van der Waals surface area (Å²) >= 11 is 0. The molecule has 13 N–H and O–H groups in total. The van der Waals surface area contributed by atoms with Gasteiger partial charge in [0.05, 0.1) is 0 Å². The van der Waals surface area contributed by atoms with E-state index >= 15 is 0 Å². The highest BCUT2D eigenvalue weighted by Crippen LogP contribution is 2.31. The van der Waals surface area contributed by atoms with Crippen LogP contribution in [0.1, 0.15) is 22.3 Å². The Bertz CT molecular complexity index is 923. The lowest BCUT2D eigenvalue weighted by Crippen LogP contribution is -2.83. The number of nitrogen functional groups attached to an aromatic ring is 2. The second-order valence-electron chi connectivity index (χ2n) is 10.3. The Morgan fingerprint density at radius 2 is 0.634 bits per heavy atom. The van der Waals surface area contributed by atoms with Crippen molar-refractivity contribution in [3.63, 3.8) is 0 Å². The number of aliphatic hydroxyl groups excluding tert-OH is 9. The largest absolute Gasteiger partial charge is 0.398 e. The number of benzene rings is 2. The Labute approximate surface area is 246 Å². The van der Waals surface area contributed by atoms with Gasteiger partial charge in [-0.1, -0.05) is 0 Å². The van der Waals surface area contributed by atoms with Gasteiger partial charge in [0.25, 0.3) is 0 Å². The van der Waals surface area contributed by atoms with E-state index < -0.39 is 80.3 Å². The van der Waals surface area contributed by atoms with Gasteiger partial charge in [0.1, 0.15) is 0 Å². The fourth-order valence-electron chi connectivity index (χ4n) is 4.90. The lowest BCUT2D eigenvalue weighted by Gasteiger charge is -2.52. The summed E-state index contributed by atoms with van der Waals surface area (Å²) in [5.74, 6) is 0. The van der Waals surface area contributed by atoms with E-state index in [0.29, 0.717) is 0 Å². The summed E-state index contributed by atoms with van der Waals surface area (Å²) in [4.78, 5) is 0. The maximum Gasteiger partial charge on any atom is 0.360 e. The molecule has 236 valence electrons. The third-order valence-corrected chi connectivity index (χ3v) is 7.53. The first-order valence-electron chi connectivity index (χ1n) is 12.6. The summed E-state index contributed by atoms with van der Waals surface area (Å²) in [6.07, 6.45) is -1.58. The molecule has 15 heteroatoms. The number of rotatable bonds is 13. The molecule has 41 heavy (non-hydrogen) atoms. The van der Waals surface area contributed by atoms with Gasteiger partial charge in [-0.25, -0.2) is 0 Å². The van der Waals surface area contributed by atoms with Crippen LogP contribution in [0.5, 0.6) is 0 Å². The summed E-state index contributed by atoms with van der Waals surface area (Å²) in [6.45, 7) is -0.0929. The summed E-state index contributed by atoms with van der Waals surface area (Å²) in [6, 6.07) is 8.53. The lowest BCUT2D eigenvalue weighted by atomic mass is 9.95. The van der Waals surface area contributed by atoms with Crippen LogP contribution in [-0.4, -0.2) is 126 Å². The second-order valence-corrected chi connectivity index (χ2v) is 10.3. The molecule has 0 atom stereocenters. The Hall–Kier alpha value is -2.15. The number of nitrogens with zero attached hydrogens (tertiary/aromatic N) is 3. The highest BCUT2D eigenvalue weighted by molar-refractivity contribution is 5.85. The average molecular weight is 611 g/mol. The minimum Gasteiger partial charge on any atom is -0.398 e. The van der Waals surface area contributed by atoms with E-state index in [1.54, 1.807) is 0 Å². The number of quaternary nitrogens is 3. The number of nitrogens with two attached hydrogens (primary N) is 2. The summed E-state index contributed by atoms with van der Waals surface area (Å²) < 4.78 is -3.12. The van der Waals surface area contributed by atoms with Crippen molar-refractivity contribution in [2.24, 2.45) is 0 Å². The predicted octanol–water partition coefficient (Wildman–Crippen LogP) is -1.56. The van der Waals surface area contributed by atoms with E-state index in [0.717, 1.165) is 33.6 Å². The van der Waals surface area contributed by atoms with Crippen molar-refractivity contribution in [1.29, 1.82) is 0 Å². The average Bonchev–Trinajstić information content (AvgIpc) is 2.97. The maximum absolute atomic E-state index is 9.59. The van der Waals surface area contributed by atoms with Crippen LogP contribution < -0.4 is 11.5 Å². The Morgan fingerprint density at radius 1 is 0.463 bits per heavy atom. The smallest absolute Gasteiger partial charge is 0.360 e. The molecular weight excluding hydrogens is 562 g/mol. The molecule has 0 spiro atoms. The zero-order valence-corrected chi connectivity index (χ0v) is 25.0. The molecule has 0 unspecified atom stereocenters. The molecule has 0 bridgehead atoms. The lowest BCUT2D eigenvalue weighted by molar-refractivity contribution is -1.31. The molecule has 0 aromatic heterocycles. The van der Waals surface area contributed by atoms with E-state index in [-0.39, 0.29) is 12.4 Å². The number of hydrogen-bond donors (Lipinski definition) is 11. The quantitative estimate of drug-likeness (QED) is 0.0705. The Balaban J connectivity index is 0.000000773. The molecule has 0 radical (unpaired) electrons.